The molecular weight excluding hydrogens is 268 g/mol. The zero-order chi connectivity index (χ0) is 14.9. The highest BCUT2D eigenvalue weighted by Gasteiger charge is 2.45. The Labute approximate surface area is 115 Å². The molecular formula is C14H15F2NO3. The third kappa shape index (κ3) is 2.95. The van der Waals surface area contributed by atoms with Crippen molar-refractivity contribution in [1.82, 2.24) is 4.90 Å². The van der Waals surface area contributed by atoms with Crippen LogP contribution < -0.4 is 0 Å². The number of amides is 1. The van der Waals surface area contributed by atoms with Crippen molar-refractivity contribution in [2.24, 2.45) is 5.92 Å². The molecule has 1 amide bonds. The van der Waals surface area contributed by atoms with Gasteiger partial charge >= 0.3 is 5.97 Å². The second kappa shape index (κ2) is 5.56. The second-order valence-electron chi connectivity index (χ2n) is 4.87. The van der Waals surface area contributed by atoms with E-state index in [2.05, 4.69) is 0 Å². The van der Waals surface area contributed by atoms with Gasteiger partial charge in [0.05, 0.1) is 0 Å². The van der Waals surface area contributed by atoms with Crippen LogP contribution in [0.25, 0.3) is 0 Å². The monoisotopic (exact) mass is 283 g/mol. The number of carbonyl (C=O) groups is 2. The Morgan fingerprint density at radius 2 is 2.05 bits per heavy atom. The van der Waals surface area contributed by atoms with Crippen LogP contribution in [0.3, 0.4) is 0 Å². The molecule has 1 aromatic carbocycles. The summed E-state index contributed by atoms with van der Waals surface area (Å²) >= 11 is 0. The topological polar surface area (TPSA) is 57.6 Å². The van der Waals surface area contributed by atoms with Crippen LogP contribution in [0.1, 0.15) is 24.8 Å². The first kappa shape index (κ1) is 14.4. The zero-order valence-corrected chi connectivity index (χ0v) is 11.0. The second-order valence-corrected chi connectivity index (χ2v) is 4.87. The number of benzene rings is 1. The minimum atomic E-state index is -1.06. The lowest BCUT2D eigenvalue weighted by molar-refractivity contribution is -0.144. The van der Waals surface area contributed by atoms with Gasteiger partial charge in [-0.15, -0.1) is 0 Å². The Morgan fingerprint density at radius 1 is 1.35 bits per heavy atom. The summed E-state index contributed by atoms with van der Waals surface area (Å²) in [6.45, 7) is 1.68. The van der Waals surface area contributed by atoms with Crippen LogP contribution >= 0.6 is 0 Å². The number of nitrogens with zero attached hydrogens (tertiary/aromatic N) is 1. The molecule has 2 atom stereocenters. The van der Waals surface area contributed by atoms with Gasteiger partial charge in [0.1, 0.15) is 6.54 Å². The minimum absolute atomic E-state index is 0.152. The van der Waals surface area contributed by atoms with Crippen molar-refractivity contribution in [2.45, 2.75) is 19.3 Å². The number of aliphatic carboxylic acids is 1. The summed E-state index contributed by atoms with van der Waals surface area (Å²) in [5.74, 6) is -3.65. The third-order valence-corrected chi connectivity index (χ3v) is 3.50. The van der Waals surface area contributed by atoms with Gasteiger partial charge in [-0.1, -0.05) is 6.07 Å². The van der Waals surface area contributed by atoms with E-state index in [0.717, 1.165) is 12.1 Å². The largest absolute Gasteiger partial charge is 0.480 e. The van der Waals surface area contributed by atoms with Gasteiger partial charge in [-0.05, 0) is 37.0 Å². The van der Waals surface area contributed by atoms with E-state index in [1.54, 1.807) is 6.92 Å². The highest BCUT2D eigenvalue weighted by molar-refractivity contribution is 5.86. The van der Waals surface area contributed by atoms with Crippen molar-refractivity contribution < 1.29 is 23.5 Å². The maximum atomic E-state index is 13.1. The van der Waals surface area contributed by atoms with E-state index in [1.165, 1.54) is 11.0 Å². The summed E-state index contributed by atoms with van der Waals surface area (Å²) in [6.07, 6.45) is 0.542. The molecule has 1 fully saturated rings. The van der Waals surface area contributed by atoms with Crippen molar-refractivity contribution >= 4 is 11.9 Å². The summed E-state index contributed by atoms with van der Waals surface area (Å²) in [5, 5.41) is 8.73. The van der Waals surface area contributed by atoms with Crippen molar-refractivity contribution in [3.05, 3.63) is 35.4 Å². The average molecular weight is 283 g/mol. The average Bonchev–Trinajstić information content (AvgIpc) is 3.18. The predicted molar refractivity (Wildman–Crippen MR) is 67.1 cm³/mol. The fourth-order valence-corrected chi connectivity index (χ4v) is 2.32. The Bertz CT molecular complexity index is 547. The van der Waals surface area contributed by atoms with E-state index in [9.17, 15) is 18.4 Å². The van der Waals surface area contributed by atoms with E-state index >= 15 is 0 Å². The third-order valence-electron chi connectivity index (χ3n) is 3.50. The van der Waals surface area contributed by atoms with Gasteiger partial charge in [0, 0.05) is 12.5 Å². The summed E-state index contributed by atoms with van der Waals surface area (Å²) in [7, 11) is 0. The molecule has 0 aliphatic heterocycles. The molecule has 0 radical (unpaired) electrons. The lowest BCUT2D eigenvalue weighted by atomic mass is 10.1. The molecule has 6 heteroatoms. The van der Waals surface area contributed by atoms with Crippen LogP contribution in [0.15, 0.2) is 18.2 Å². The Morgan fingerprint density at radius 3 is 2.60 bits per heavy atom. The molecule has 0 heterocycles. The fourth-order valence-electron chi connectivity index (χ4n) is 2.32. The molecule has 0 spiro atoms. The van der Waals surface area contributed by atoms with Crippen LogP contribution in [0.2, 0.25) is 0 Å². The predicted octanol–water partition coefficient (Wildman–Crippen LogP) is 2.00. The minimum Gasteiger partial charge on any atom is -0.480 e. The molecule has 1 aliphatic rings. The molecule has 0 bridgehead atoms. The fraction of sp³-hybridized carbons (Fsp3) is 0.429. The van der Waals surface area contributed by atoms with Crippen molar-refractivity contribution in [3.8, 4) is 0 Å². The number of rotatable bonds is 5. The first-order valence-electron chi connectivity index (χ1n) is 6.39. The summed E-state index contributed by atoms with van der Waals surface area (Å²) in [6, 6.07) is 3.60. The number of carbonyl (C=O) groups excluding carboxylic acids is 1. The van der Waals surface area contributed by atoms with Crippen LogP contribution in [0.4, 0.5) is 8.78 Å². The van der Waals surface area contributed by atoms with Crippen LogP contribution in [0, 0.1) is 17.6 Å². The summed E-state index contributed by atoms with van der Waals surface area (Å²) in [5.41, 5.74) is 0.577. The smallest absolute Gasteiger partial charge is 0.323 e. The lowest BCUT2D eigenvalue weighted by Crippen LogP contribution is -2.36. The van der Waals surface area contributed by atoms with Gasteiger partial charge in [0.25, 0.3) is 0 Å². The molecule has 4 nitrogen and oxygen atoms in total. The highest BCUT2D eigenvalue weighted by Crippen LogP contribution is 2.48. The van der Waals surface area contributed by atoms with E-state index in [4.69, 9.17) is 5.11 Å². The van der Waals surface area contributed by atoms with Crippen molar-refractivity contribution in [3.63, 3.8) is 0 Å². The van der Waals surface area contributed by atoms with Gasteiger partial charge in [-0.25, -0.2) is 8.78 Å². The normalized spacial score (nSPS) is 20.6. The quantitative estimate of drug-likeness (QED) is 0.899. The SMILES string of the molecule is CCN(CC(=O)O)C(=O)[C@@H]1C[C@H]1c1ccc(F)c(F)c1. The maximum Gasteiger partial charge on any atom is 0.323 e. The van der Waals surface area contributed by atoms with Crippen molar-refractivity contribution in [1.29, 1.82) is 0 Å². The van der Waals surface area contributed by atoms with E-state index in [1.807, 2.05) is 0 Å². The number of hydrogen-bond donors (Lipinski definition) is 1. The number of hydrogen-bond acceptors (Lipinski definition) is 2. The molecule has 108 valence electrons. The Hall–Kier alpha value is -1.98. The summed E-state index contributed by atoms with van der Waals surface area (Å²) in [4.78, 5) is 24.0. The maximum absolute atomic E-state index is 13.1. The first-order valence-corrected chi connectivity index (χ1v) is 6.39. The van der Waals surface area contributed by atoms with Gasteiger partial charge in [0.2, 0.25) is 5.91 Å². The number of carboxylic acid groups (broad SMARTS) is 1. The summed E-state index contributed by atoms with van der Waals surface area (Å²) < 4.78 is 26.0. The first-order chi connectivity index (χ1) is 9.43. The highest BCUT2D eigenvalue weighted by atomic mass is 19.2. The molecule has 20 heavy (non-hydrogen) atoms. The number of halogens is 2. The molecule has 1 saturated carbocycles. The molecule has 0 aromatic heterocycles. The zero-order valence-electron chi connectivity index (χ0n) is 11.0. The molecule has 0 saturated heterocycles. The number of likely N-dealkylation sites (N-methyl/N-ethyl adjacent to an activating group) is 1. The van der Waals surface area contributed by atoms with Gasteiger partial charge in [-0.3, -0.25) is 9.59 Å². The van der Waals surface area contributed by atoms with Gasteiger partial charge < -0.3 is 10.0 Å². The molecule has 2 rings (SSSR count). The lowest BCUT2D eigenvalue weighted by Gasteiger charge is -2.18. The van der Waals surface area contributed by atoms with Crippen LogP contribution in [0.5, 0.6) is 0 Å². The van der Waals surface area contributed by atoms with E-state index in [0.29, 0.717) is 18.5 Å². The molecule has 1 aliphatic carbocycles. The van der Waals surface area contributed by atoms with Crippen LogP contribution in [-0.4, -0.2) is 35.0 Å². The standard InChI is InChI=1S/C14H15F2NO3/c1-2-17(7-13(18)19)14(20)10-6-9(10)8-3-4-11(15)12(16)5-8/h3-5,9-10H,2,6-7H2,1H3,(H,18,19)/t9-,10+/m0/s1. The Balaban J connectivity index is 2.04. The molecule has 0 unspecified atom stereocenters. The van der Waals surface area contributed by atoms with Crippen LogP contribution in [-0.2, 0) is 9.59 Å². The number of carboxylic acids is 1. The Kier molecular flexibility index (Phi) is 4.01. The van der Waals surface area contributed by atoms with E-state index in [-0.39, 0.29) is 24.3 Å². The molecule has 1 N–H and O–H groups in total. The molecule has 1 aromatic rings. The van der Waals surface area contributed by atoms with E-state index < -0.39 is 17.6 Å². The van der Waals surface area contributed by atoms with Crippen molar-refractivity contribution in [2.75, 3.05) is 13.1 Å². The van der Waals surface area contributed by atoms with Gasteiger partial charge in [0.15, 0.2) is 11.6 Å². The van der Waals surface area contributed by atoms with Gasteiger partial charge in [-0.2, -0.15) is 0 Å².